The molecule has 1 aliphatic heterocycles. The number of allylic oxidation sites excluding steroid dienone is 3. The third-order valence-corrected chi connectivity index (χ3v) is 7.42. The third kappa shape index (κ3) is 4.37. The van der Waals surface area contributed by atoms with Gasteiger partial charge < -0.3 is 15.2 Å². The number of aromatic hydroxyl groups is 1. The summed E-state index contributed by atoms with van der Waals surface area (Å²) in [6, 6.07) is 14.4. The Hall–Kier alpha value is -3.05. The Kier molecular flexibility index (Phi) is 6.22. The number of rotatable bonds is 4. The van der Waals surface area contributed by atoms with E-state index in [-0.39, 0.29) is 29.5 Å². The minimum absolute atomic E-state index is 0.000657. The van der Waals surface area contributed by atoms with Gasteiger partial charge in [-0.25, -0.2) is 4.79 Å². The van der Waals surface area contributed by atoms with Crippen LogP contribution in [0.25, 0.3) is 0 Å². The van der Waals surface area contributed by atoms with Gasteiger partial charge in [0.25, 0.3) is 0 Å². The van der Waals surface area contributed by atoms with Crippen LogP contribution in [0.15, 0.2) is 71.1 Å². The van der Waals surface area contributed by atoms with Gasteiger partial charge in [-0.3, -0.25) is 4.79 Å². The van der Waals surface area contributed by atoms with Crippen molar-refractivity contribution < 1.29 is 19.4 Å². The smallest absolute Gasteiger partial charge is 0.337 e. The van der Waals surface area contributed by atoms with Crippen molar-refractivity contribution in [1.29, 1.82) is 0 Å². The Morgan fingerprint density at radius 3 is 2.50 bits per heavy atom. The molecule has 0 unspecified atom stereocenters. The van der Waals surface area contributed by atoms with E-state index in [1.807, 2.05) is 37.3 Å². The second-order valence-electron chi connectivity index (χ2n) is 9.48. The molecule has 1 fully saturated rings. The first-order valence-corrected chi connectivity index (χ1v) is 12.3. The summed E-state index contributed by atoms with van der Waals surface area (Å²) >= 11 is 6.06. The number of carbonyl (C=O) groups excluding carboxylic acids is 2. The van der Waals surface area contributed by atoms with Crippen molar-refractivity contribution in [1.82, 2.24) is 5.32 Å². The molecule has 1 saturated carbocycles. The average Bonchev–Trinajstić information content (AvgIpc) is 3.31. The van der Waals surface area contributed by atoms with Gasteiger partial charge in [0.1, 0.15) is 11.9 Å². The zero-order valence-electron chi connectivity index (χ0n) is 19.1. The van der Waals surface area contributed by atoms with Crippen molar-refractivity contribution >= 4 is 23.4 Å². The van der Waals surface area contributed by atoms with Crippen molar-refractivity contribution in [2.24, 2.45) is 0 Å². The maximum atomic E-state index is 13.6. The Bertz CT molecular complexity index is 1190. The number of nitrogens with one attached hydrogen (secondary N) is 1. The van der Waals surface area contributed by atoms with Gasteiger partial charge in [-0.15, -0.1) is 0 Å². The molecule has 176 valence electrons. The Morgan fingerprint density at radius 2 is 1.79 bits per heavy atom. The van der Waals surface area contributed by atoms with E-state index in [0.717, 1.165) is 36.9 Å². The van der Waals surface area contributed by atoms with Crippen LogP contribution in [-0.2, 0) is 14.3 Å². The lowest BCUT2D eigenvalue weighted by atomic mass is 9.71. The first-order valence-electron chi connectivity index (χ1n) is 11.9. The normalized spacial score (nSPS) is 23.1. The number of halogens is 1. The Labute approximate surface area is 204 Å². The van der Waals surface area contributed by atoms with E-state index in [9.17, 15) is 14.7 Å². The molecule has 0 bridgehead atoms. The highest BCUT2D eigenvalue weighted by molar-refractivity contribution is 6.30. The molecule has 0 amide bonds. The van der Waals surface area contributed by atoms with Crippen LogP contribution < -0.4 is 5.32 Å². The second kappa shape index (κ2) is 9.30. The average molecular weight is 478 g/mol. The monoisotopic (exact) mass is 477 g/mol. The van der Waals surface area contributed by atoms with Gasteiger partial charge in [0, 0.05) is 34.3 Å². The van der Waals surface area contributed by atoms with Crippen molar-refractivity contribution in [2.75, 3.05) is 0 Å². The van der Waals surface area contributed by atoms with Crippen LogP contribution in [-0.4, -0.2) is 23.0 Å². The fourth-order valence-corrected chi connectivity index (χ4v) is 5.66. The molecule has 2 aliphatic carbocycles. The molecule has 0 radical (unpaired) electrons. The van der Waals surface area contributed by atoms with Crippen LogP contribution in [0.2, 0.25) is 5.02 Å². The predicted octanol–water partition coefficient (Wildman–Crippen LogP) is 5.89. The summed E-state index contributed by atoms with van der Waals surface area (Å²) < 4.78 is 5.87. The molecule has 3 aliphatic rings. The standard InChI is InChI=1S/C28H28ClNO4/c1-16-25(28(33)34-22-7-2-3-8-22)26(18-5-4-6-21(31)13-18)27-23(30-16)14-19(15-24(27)32)17-9-11-20(29)12-10-17/h4-6,9-13,19,22,26,30-31H,2-3,7-8,14-15H2,1H3/t19-,26-/m1/s1. The number of benzene rings is 2. The molecule has 1 heterocycles. The number of hydrogen-bond acceptors (Lipinski definition) is 5. The van der Waals surface area contributed by atoms with Crippen LogP contribution in [0, 0.1) is 0 Å². The van der Waals surface area contributed by atoms with Gasteiger partial charge in [-0.2, -0.15) is 0 Å². The van der Waals surface area contributed by atoms with Gasteiger partial charge in [0.05, 0.1) is 5.57 Å². The van der Waals surface area contributed by atoms with E-state index in [1.165, 1.54) is 0 Å². The summed E-state index contributed by atoms with van der Waals surface area (Å²) in [5, 5.41) is 14.2. The highest BCUT2D eigenvalue weighted by Gasteiger charge is 2.42. The van der Waals surface area contributed by atoms with Gasteiger partial charge in [-0.05, 0) is 80.3 Å². The summed E-state index contributed by atoms with van der Waals surface area (Å²) in [5.74, 6) is -0.830. The zero-order valence-corrected chi connectivity index (χ0v) is 19.9. The number of phenolic OH excluding ortho intramolecular Hbond substituents is 1. The first kappa shape index (κ1) is 22.7. The van der Waals surface area contributed by atoms with Gasteiger partial charge in [0.2, 0.25) is 0 Å². The number of esters is 1. The van der Waals surface area contributed by atoms with E-state index in [2.05, 4.69) is 5.32 Å². The molecule has 0 spiro atoms. The molecule has 6 heteroatoms. The maximum Gasteiger partial charge on any atom is 0.337 e. The molecule has 2 aromatic rings. The maximum absolute atomic E-state index is 13.6. The summed E-state index contributed by atoms with van der Waals surface area (Å²) in [5.41, 5.74) is 4.35. The second-order valence-corrected chi connectivity index (χ2v) is 9.91. The molecule has 2 N–H and O–H groups in total. The van der Waals surface area contributed by atoms with E-state index in [0.29, 0.717) is 40.3 Å². The largest absolute Gasteiger partial charge is 0.508 e. The lowest BCUT2D eigenvalue weighted by molar-refractivity contribution is -0.144. The zero-order chi connectivity index (χ0) is 23.8. The quantitative estimate of drug-likeness (QED) is 0.537. The molecule has 5 rings (SSSR count). The molecule has 0 saturated heterocycles. The Balaban J connectivity index is 1.54. The van der Waals surface area contributed by atoms with E-state index < -0.39 is 5.92 Å². The molecule has 5 nitrogen and oxygen atoms in total. The first-order chi connectivity index (χ1) is 16.4. The Morgan fingerprint density at radius 1 is 1.06 bits per heavy atom. The number of Topliss-reactive ketones (excluding diaryl/α,β-unsaturated/α-hetero) is 1. The van der Waals surface area contributed by atoms with E-state index in [4.69, 9.17) is 16.3 Å². The van der Waals surface area contributed by atoms with Crippen LogP contribution in [0.4, 0.5) is 0 Å². The number of ether oxygens (including phenoxy) is 1. The van der Waals surface area contributed by atoms with Crippen molar-refractivity contribution in [3.05, 3.63) is 87.2 Å². The fraction of sp³-hybridized carbons (Fsp3) is 0.357. The molecule has 0 aromatic heterocycles. The van der Waals surface area contributed by atoms with Crippen LogP contribution in [0.5, 0.6) is 5.75 Å². The summed E-state index contributed by atoms with van der Waals surface area (Å²) in [6.07, 6.45) is 4.79. The number of dihydropyridines is 1. The molecular weight excluding hydrogens is 450 g/mol. The van der Waals surface area contributed by atoms with Crippen molar-refractivity contribution in [3.8, 4) is 5.75 Å². The minimum atomic E-state index is -0.573. The molecule has 34 heavy (non-hydrogen) atoms. The lowest BCUT2D eigenvalue weighted by Gasteiger charge is -2.37. The third-order valence-electron chi connectivity index (χ3n) is 7.17. The van der Waals surface area contributed by atoms with Crippen molar-refractivity contribution in [2.45, 2.75) is 63.4 Å². The molecule has 2 aromatic carbocycles. The van der Waals surface area contributed by atoms with Gasteiger partial charge in [-0.1, -0.05) is 35.9 Å². The van der Waals surface area contributed by atoms with Crippen LogP contribution >= 0.6 is 11.6 Å². The molecule has 2 atom stereocenters. The number of hydrogen-bond donors (Lipinski definition) is 2. The fourth-order valence-electron chi connectivity index (χ4n) is 5.54. The van der Waals surface area contributed by atoms with Gasteiger partial charge in [0.15, 0.2) is 5.78 Å². The highest BCUT2D eigenvalue weighted by atomic mass is 35.5. The van der Waals surface area contributed by atoms with E-state index in [1.54, 1.807) is 18.2 Å². The van der Waals surface area contributed by atoms with Crippen LogP contribution in [0.1, 0.15) is 68.4 Å². The topological polar surface area (TPSA) is 75.6 Å². The van der Waals surface area contributed by atoms with E-state index >= 15 is 0 Å². The van der Waals surface area contributed by atoms with Gasteiger partial charge >= 0.3 is 5.97 Å². The summed E-state index contributed by atoms with van der Waals surface area (Å²) in [6.45, 7) is 1.86. The number of carbonyl (C=O) groups is 2. The predicted molar refractivity (Wildman–Crippen MR) is 130 cm³/mol. The highest BCUT2D eigenvalue weighted by Crippen LogP contribution is 2.46. The minimum Gasteiger partial charge on any atom is -0.508 e. The van der Waals surface area contributed by atoms with Crippen LogP contribution in [0.3, 0.4) is 0 Å². The lowest BCUT2D eigenvalue weighted by Crippen LogP contribution is -2.36. The molecular formula is C28H28ClNO4. The van der Waals surface area contributed by atoms with Crippen molar-refractivity contribution in [3.63, 3.8) is 0 Å². The number of ketones is 1. The summed E-state index contributed by atoms with van der Waals surface area (Å²) in [4.78, 5) is 27.0. The number of phenols is 1. The summed E-state index contributed by atoms with van der Waals surface area (Å²) in [7, 11) is 0. The SMILES string of the molecule is CC1=C(C(=O)OC2CCCC2)[C@@H](c2cccc(O)c2)C2=C(C[C@@H](c3ccc(Cl)cc3)CC2=O)N1.